The lowest BCUT2D eigenvalue weighted by molar-refractivity contribution is 0.446. The van der Waals surface area contributed by atoms with E-state index in [0.717, 1.165) is 12.5 Å². The Morgan fingerprint density at radius 1 is 1.29 bits per heavy atom. The smallest absolute Gasteiger partial charge is 0.242 e. The normalized spacial score (nSPS) is 12.9. The molecule has 0 amide bonds. The highest BCUT2D eigenvalue weighted by Gasteiger charge is 2.25. The molecule has 8 nitrogen and oxygen atoms in total. The fourth-order valence-corrected chi connectivity index (χ4v) is 3.73. The van der Waals surface area contributed by atoms with E-state index >= 15 is 0 Å². The molecule has 0 aliphatic carbocycles. The van der Waals surface area contributed by atoms with Crippen molar-refractivity contribution in [2.45, 2.75) is 24.3 Å². The number of rotatable bonds is 6. The minimum atomic E-state index is -3.83. The first-order valence-electron chi connectivity index (χ1n) is 5.80. The lowest BCUT2D eigenvalue weighted by atomic mass is 10.1. The Kier molecular flexibility index (Phi) is 5.06. The predicted octanol–water partition coefficient (Wildman–Crippen LogP) is -0.441. The van der Waals surface area contributed by atoms with E-state index in [0.29, 0.717) is 0 Å². The van der Waals surface area contributed by atoms with Crippen LogP contribution in [0.25, 0.3) is 0 Å². The lowest BCUT2D eigenvalue weighted by Crippen LogP contribution is -2.50. The Morgan fingerprint density at radius 2 is 1.90 bits per heavy atom. The molecule has 1 rings (SSSR count). The summed E-state index contributed by atoms with van der Waals surface area (Å²) in [5.41, 5.74) is -0.881. The molecule has 0 aliphatic rings. The first kappa shape index (κ1) is 17.5. The number of pyridine rings is 1. The Balaban J connectivity index is 2.84. The number of nitrogens with zero attached hydrogens (tertiary/aromatic N) is 2. The Hall–Kier alpha value is -1.54. The third kappa shape index (κ3) is 5.76. The molecule has 0 aliphatic heterocycles. The van der Waals surface area contributed by atoms with Crippen LogP contribution in [0.15, 0.2) is 23.2 Å². The first-order valence-corrected chi connectivity index (χ1v) is 9.17. The summed E-state index contributed by atoms with van der Waals surface area (Å²) in [5, 5.41) is 8.61. The van der Waals surface area contributed by atoms with Crippen molar-refractivity contribution >= 4 is 20.0 Å². The zero-order chi connectivity index (χ0) is 16.3. The van der Waals surface area contributed by atoms with Gasteiger partial charge in [-0.05, 0) is 26.0 Å². The highest BCUT2D eigenvalue weighted by atomic mass is 32.2. The molecule has 116 valence electrons. The Morgan fingerprint density at radius 3 is 2.33 bits per heavy atom. The van der Waals surface area contributed by atoms with Crippen LogP contribution in [0, 0.1) is 11.3 Å². The molecule has 21 heavy (non-hydrogen) atoms. The number of hydrogen-bond donors (Lipinski definition) is 2. The van der Waals surface area contributed by atoms with Crippen molar-refractivity contribution in [1.29, 1.82) is 5.26 Å². The maximum atomic E-state index is 12.0. The first-order chi connectivity index (χ1) is 9.45. The zero-order valence-electron chi connectivity index (χ0n) is 11.8. The van der Waals surface area contributed by atoms with Gasteiger partial charge in [0, 0.05) is 18.3 Å². The van der Waals surface area contributed by atoms with E-state index in [9.17, 15) is 16.8 Å². The van der Waals surface area contributed by atoms with Gasteiger partial charge in [-0.3, -0.25) is 0 Å². The van der Waals surface area contributed by atoms with E-state index in [-0.39, 0.29) is 17.1 Å². The molecule has 0 atom stereocenters. The highest BCUT2D eigenvalue weighted by Crippen LogP contribution is 2.09. The van der Waals surface area contributed by atoms with Crippen molar-refractivity contribution in [2.24, 2.45) is 0 Å². The molecule has 0 saturated carbocycles. The highest BCUT2D eigenvalue weighted by molar-refractivity contribution is 7.89. The van der Waals surface area contributed by atoms with Crippen molar-refractivity contribution < 1.29 is 16.8 Å². The van der Waals surface area contributed by atoms with E-state index in [1.807, 2.05) is 0 Å². The van der Waals surface area contributed by atoms with Gasteiger partial charge in [0.05, 0.1) is 6.26 Å². The summed E-state index contributed by atoms with van der Waals surface area (Å²) < 4.78 is 51.1. The molecule has 0 radical (unpaired) electrons. The number of nitriles is 1. The van der Waals surface area contributed by atoms with E-state index in [1.54, 1.807) is 19.9 Å². The molecule has 0 bridgehead atoms. The third-order valence-corrected chi connectivity index (χ3v) is 4.64. The minimum absolute atomic E-state index is 0.100. The molecule has 0 saturated heterocycles. The second-order valence-electron chi connectivity index (χ2n) is 5.07. The summed E-state index contributed by atoms with van der Waals surface area (Å²) in [5.74, 6) is 0. The molecule has 0 fully saturated rings. The second kappa shape index (κ2) is 6.07. The molecular weight excluding hydrogens is 316 g/mol. The number of aromatic nitrogens is 1. The predicted molar refractivity (Wildman–Crippen MR) is 76.2 cm³/mol. The maximum absolute atomic E-state index is 12.0. The van der Waals surface area contributed by atoms with Crippen LogP contribution < -0.4 is 9.44 Å². The maximum Gasteiger partial charge on any atom is 0.242 e. The Labute approximate surface area is 124 Å². The van der Waals surface area contributed by atoms with E-state index in [2.05, 4.69) is 14.4 Å². The second-order valence-corrected chi connectivity index (χ2v) is 8.59. The average Bonchev–Trinajstić information content (AvgIpc) is 2.34. The van der Waals surface area contributed by atoms with Crippen molar-refractivity contribution in [2.75, 3.05) is 12.8 Å². The third-order valence-electron chi connectivity index (χ3n) is 2.33. The molecule has 1 heterocycles. The van der Waals surface area contributed by atoms with Crippen molar-refractivity contribution in [3.63, 3.8) is 0 Å². The van der Waals surface area contributed by atoms with Crippen LogP contribution in [-0.4, -0.2) is 40.2 Å². The van der Waals surface area contributed by atoms with Crippen LogP contribution in [0.5, 0.6) is 0 Å². The van der Waals surface area contributed by atoms with Crippen LogP contribution in [0.4, 0.5) is 0 Å². The molecule has 0 unspecified atom stereocenters. The van der Waals surface area contributed by atoms with Gasteiger partial charge in [-0.2, -0.15) is 5.26 Å². The van der Waals surface area contributed by atoms with Crippen molar-refractivity contribution in [3.8, 4) is 6.07 Å². The van der Waals surface area contributed by atoms with E-state index in [1.165, 1.54) is 12.1 Å². The average molecular weight is 332 g/mol. The molecule has 1 aromatic rings. The number of hydrogen-bond acceptors (Lipinski definition) is 6. The van der Waals surface area contributed by atoms with Gasteiger partial charge in [0.25, 0.3) is 0 Å². The fourth-order valence-electron chi connectivity index (χ4n) is 1.50. The van der Waals surface area contributed by atoms with Crippen LogP contribution in [0.2, 0.25) is 0 Å². The van der Waals surface area contributed by atoms with Crippen LogP contribution in [-0.2, 0) is 20.0 Å². The van der Waals surface area contributed by atoms with Gasteiger partial charge >= 0.3 is 0 Å². The summed E-state index contributed by atoms with van der Waals surface area (Å²) in [6.45, 7) is 2.96. The van der Waals surface area contributed by atoms with Crippen LogP contribution in [0.3, 0.4) is 0 Å². The summed E-state index contributed by atoms with van der Waals surface area (Å²) in [6, 6.07) is 4.33. The van der Waals surface area contributed by atoms with Gasteiger partial charge in [-0.25, -0.2) is 31.3 Å². The van der Waals surface area contributed by atoms with Gasteiger partial charge in [-0.1, -0.05) is 0 Å². The molecule has 10 heteroatoms. The lowest BCUT2D eigenvalue weighted by Gasteiger charge is -2.25. The van der Waals surface area contributed by atoms with Gasteiger partial charge in [0.15, 0.2) is 0 Å². The van der Waals surface area contributed by atoms with Crippen molar-refractivity contribution in [3.05, 3.63) is 24.0 Å². The van der Waals surface area contributed by atoms with Crippen LogP contribution in [0.1, 0.15) is 19.5 Å². The van der Waals surface area contributed by atoms with Gasteiger partial charge in [0.1, 0.15) is 16.7 Å². The zero-order valence-corrected chi connectivity index (χ0v) is 13.4. The Bertz CT molecular complexity index is 746. The van der Waals surface area contributed by atoms with E-state index in [4.69, 9.17) is 5.26 Å². The summed E-state index contributed by atoms with van der Waals surface area (Å²) >= 11 is 0. The van der Waals surface area contributed by atoms with Crippen LogP contribution >= 0.6 is 0 Å². The number of sulfonamides is 2. The number of nitrogens with one attached hydrogen (secondary N) is 2. The molecular formula is C11H16N4O4S2. The molecule has 1 aromatic heterocycles. The van der Waals surface area contributed by atoms with E-state index < -0.39 is 25.6 Å². The fraction of sp³-hybridized carbons (Fsp3) is 0.455. The molecule has 2 N–H and O–H groups in total. The van der Waals surface area contributed by atoms with Crippen molar-refractivity contribution in [1.82, 2.24) is 14.4 Å². The molecule has 0 spiro atoms. The van der Waals surface area contributed by atoms with Gasteiger partial charge < -0.3 is 0 Å². The van der Waals surface area contributed by atoms with Gasteiger partial charge in [-0.15, -0.1) is 0 Å². The standard InChI is InChI=1S/C11H16N4O4S2/c1-11(2,15-20(3,16)17)8-14-21(18,19)10-5-4-9(6-12)13-7-10/h4-5,7,14-15H,8H2,1-3H3. The molecule has 0 aromatic carbocycles. The quantitative estimate of drug-likeness (QED) is 0.726. The monoisotopic (exact) mass is 332 g/mol. The summed E-state index contributed by atoms with van der Waals surface area (Å²) in [7, 11) is -7.29. The minimum Gasteiger partial charge on any atom is -0.244 e. The SMILES string of the molecule is CC(C)(CNS(=O)(=O)c1ccc(C#N)nc1)NS(C)(=O)=O. The van der Waals surface area contributed by atoms with Gasteiger partial charge in [0.2, 0.25) is 20.0 Å². The largest absolute Gasteiger partial charge is 0.244 e. The summed E-state index contributed by atoms with van der Waals surface area (Å²) in [4.78, 5) is 3.58. The topological polar surface area (TPSA) is 129 Å². The summed E-state index contributed by atoms with van der Waals surface area (Å²) in [6.07, 6.45) is 2.06.